The number of epoxide rings is 1. The quantitative estimate of drug-likeness (QED) is 0.182. The highest BCUT2D eigenvalue weighted by atomic mass is 16.6. The van der Waals surface area contributed by atoms with E-state index in [-0.39, 0.29) is 5.97 Å². The Labute approximate surface area is 147 Å². The van der Waals surface area contributed by atoms with E-state index in [0.29, 0.717) is 18.6 Å². The molecular weight excluding hydrogens is 300 g/mol. The van der Waals surface area contributed by atoms with Crippen LogP contribution in [0.15, 0.2) is 36.5 Å². The number of methoxy groups -OCH3 is 1. The number of rotatable bonds is 14. The lowest BCUT2D eigenvalue weighted by molar-refractivity contribution is -0.140. The van der Waals surface area contributed by atoms with Crippen molar-refractivity contribution in [3.05, 3.63) is 36.5 Å². The molecular formula is C21H34O3. The van der Waals surface area contributed by atoms with E-state index in [2.05, 4.69) is 48.1 Å². The molecule has 0 aromatic carbocycles. The van der Waals surface area contributed by atoms with Gasteiger partial charge in [-0.15, -0.1) is 0 Å². The van der Waals surface area contributed by atoms with Crippen molar-refractivity contribution < 1.29 is 14.3 Å². The number of esters is 1. The third kappa shape index (κ3) is 11.2. The average molecular weight is 335 g/mol. The standard InChI is InChI=1S/C21H34O3/c1-3-4-5-6-10-13-16-19-20(24-19)17-14-11-8-7-9-12-15-18-21(22)23-2/h7,9-11,13-14,19-20H,3-6,8,12,15-18H2,1-2H3/b9-7-,13-10-,14-11-/t19-,20+/m1/s1. The summed E-state index contributed by atoms with van der Waals surface area (Å²) in [6, 6.07) is 0. The second-order valence-corrected chi connectivity index (χ2v) is 6.30. The number of allylic oxidation sites excluding steroid dienone is 4. The van der Waals surface area contributed by atoms with Gasteiger partial charge in [0, 0.05) is 6.42 Å². The number of ether oxygens (including phenoxy) is 2. The molecule has 0 spiro atoms. The molecule has 1 saturated heterocycles. The Morgan fingerprint density at radius 1 is 0.917 bits per heavy atom. The second-order valence-electron chi connectivity index (χ2n) is 6.30. The van der Waals surface area contributed by atoms with Crippen molar-refractivity contribution in [2.24, 2.45) is 0 Å². The molecule has 1 aliphatic heterocycles. The van der Waals surface area contributed by atoms with Crippen LogP contribution in [0.25, 0.3) is 0 Å². The monoisotopic (exact) mass is 334 g/mol. The zero-order valence-corrected chi connectivity index (χ0v) is 15.4. The zero-order valence-electron chi connectivity index (χ0n) is 15.4. The molecule has 0 amide bonds. The molecule has 0 bridgehead atoms. The van der Waals surface area contributed by atoms with Crippen LogP contribution >= 0.6 is 0 Å². The van der Waals surface area contributed by atoms with E-state index in [1.54, 1.807) is 0 Å². The molecule has 1 aliphatic rings. The summed E-state index contributed by atoms with van der Waals surface area (Å²) < 4.78 is 10.3. The van der Waals surface area contributed by atoms with Crippen molar-refractivity contribution in [3.63, 3.8) is 0 Å². The summed E-state index contributed by atoms with van der Waals surface area (Å²) in [6.45, 7) is 2.24. The number of hydrogen-bond donors (Lipinski definition) is 0. The lowest BCUT2D eigenvalue weighted by atomic mass is 10.1. The van der Waals surface area contributed by atoms with E-state index in [4.69, 9.17) is 4.74 Å². The summed E-state index contributed by atoms with van der Waals surface area (Å²) in [5.74, 6) is -0.127. The van der Waals surface area contributed by atoms with Crippen LogP contribution in [0.5, 0.6) is 0 Å². The van der Waals surface area contributed by atoms with Crippen LogP contribution < -0.4 is 0 Å². The molecule has 3 nitrogen and oxygen atoms in total. The molecule has 0 aromatic heterocycles. The first-order valence-electron chi connectivity index (χ1n) is 9.45. The van der Waals surface area contributed by atoms with Gasteiger partial charge in [-0.2, -0.15) is 0 Å². The Morgan fingerprint density at radius 3 is 2.25 bits per heavy atom. The van der Waals surface area contributed by atoms with E-state index < -0.39 is 0 Å². The van der Waals surface area contributed by atoms with Crippen LogP contribution in [-0.4, -0.2) is 25.3 Å². The summed E-state index contributed by atoms with van der Waals surface area (Å²) in [6.07, 6.45) is 24.6. The SMILES string of the molecule is CCCCC/C=C\C[C@H]1O[C@H]1C/C=C\C/C=C\CCCC(=O)OC. The molecule has 1 rings (SSSR count). The van der Waals surface area contributed by atoms with Gasteiger partial charge in [0.05, 0.1) is 19.3 Å². The van der Waals surface area contributed by atoms with Crippen molar-refractivity contribution in [2.75, 3.05) is 7.11 Å². The van der Waals surface area contributed by atoms with Gasteiger partial charge in [0.15, 0.2) is 0 Å². The number of carbonyl (C=O) groups excluding carboxylic acids is 1. The molecule has 136 valence electrons. The summed E-state index contributed by atoms with van der Waals surface area (Å²) in [7, 11) is 1.43. The van der Waals surface area contributed by atoms with Crippen molar-refractivity contribution in [3.8, 4) is 0 Å². The highest BCUT2D eigenvalue weighted by Crippen LogP contribution is 2.29. The van der Waals surface area contributed by atoms with E-state index in [0.717, 1.165) is 32.1 Å². The Balaban J connectivity index is 1.92. The maximum Gasteiger partial charge on any atom is 0.305 e. The summed E-state index contributed by atoms with van der Waals surface area (Å²) >= 11 is 0. The van der Waals surface area contributed by atoms with Gasteiger partial charge >= 0.3 is 5.97 Å². The smallest absolute Gasteiger partial charge is 0.305 e. The molecule has 2 atom stereocenters. The Bertz CT molecular complexity index is 409. The second kappa shape index (κ2) is 14.0. The third-order valence-corrected chi connectivity index (χ3v) is 4.15. The van der Waals surface area contributed by atoms with Gasteiger partial charge in [0.25, 0.3) is 0 Å². The fourth-order valence-electron chi connectivity index (χ4n) is 2.54. The predicted molar refractivity (Wildman–Crippen MR) is 99.9 cm³/mol. The lowest BCUT2D eigenvalue weighted by Gasteiger charge is -1.95. The highest BCUT2D eigenvalue weighted by molar-refractivity contribution is 5.69. The molecule has 24 heavy (non-hydrogen) atoms. The zero-order chi connectivity index (χ0) is 17.5. The van der Waals surface area contributed by atoms with Crippen LogP contribution in [0.1, 0.15) is 71.1 Å². The maximum atomic E-state index is 10.9. The van der Waals surface area contributed by atoms with Crippen LogP contribution in [0.4, 0.5) is 0 Å². The molecule has 0 aliphatic carbocycles. The summed E-state index contributed by atoms with van der Waals surface area (Å²) in [5, 5.41) is 0. The van der Waals surface area contributed by atoms with Crippen LogP contribution in [0.3, 0.4) is 0 Å². The van der Waals surface area contributed by atoms with Gasteiger partial charge in [0.1, 0.15) is 0 Å². The van der Waals surface area contributed by atoms with E-state index in [9.17, 15) is 4.79 Å². The van der Waals surface area contributed by atoms with Gasteiger partial charge in [0.2, 0.25) is 0 Å². The highest BCUT2D eigenvalue weighted by Gasteiger charge is 2.35. The molecule has 0 aromatic rings. The number of hydrogen-bond acceptors (Lipinski definition) is 3. The molecule has 0 saturated carbocycles. The molecule has 3 heteroatoms. The van der Waals surface area contributed by atoms with Crippen molar-refractivity contribution >= 4 is 5.97 Å². The van der Waals surface area contributed by atoms with Gasteiger partial charge in [-0.05, 0) is 44.9 Å². The first kappa shape index (κ1) is 20.7. The fourth-order valence-corrected chi connectivity index (χ4v) is 2.54. The van der Waals surface area contributed by atoms with Crippen LogP contribution in [-0.2, 0) is 14.3 Å². The summed E-state index contributed by atoms with van der Waals surface area (Å²) in [5.41, 5.74) is 0. The van der Waals surface area contributed by atoms with E-state index in [1.165, 1.54) is 32.8 Å². The van der Waals surface area contributed by atoms with E-state index >= 15 is 0 Å². The minimum absolute atomic E-state index is 0.127. The minimum Gasteiger partial charge on any atom is -0.469 e. The average Bonchev–Trinajstić information content (AvgIpc) is 3.34. The topological polar surface area (TPSA) is 38.8 Å². The Hall–Kier alpha value is -1.35. The fraction of sp³-hybridized carbons (Fsp3) is 0.667. The normalized spacial score (nSPS) is 20.4. The summed E-state index contributed by atoms with van der Waals surface area (Å²) in [4.78, 5) is 10.9. The van der Waals surface area contributed by atoms with Gasteiger partial charge in [-0.3, -0.25) is 4.79 Å². The first-order chi connectivity index (χ1) is 11.8. The lowest BCUT2D eigenvalue weighted by Crippen LogP contribution is -1.98. The number of carbonyl (C=O) groups is 1. The Kier molecular flexibility index (Phi) is 12.1. The van der Waals surface area contributed by atoms with Crippen molar-refractivity contribution in [1.82, 2.24) is 0 Å². The largest absolute Gasteiger partial charge is 0.469 e. The molecule has 0 unspecified atom stereocenters. The molecule has 0 radical (unpaired) electrons. The molecule has 0 N–H and O–H groups in total. The predicted octanol–water partition coefficient (Wildman–Crippen LogP) is 5.52. The van der Waals surface area contributed by atoms with E-state index in [1.807, 2.05) is 0 Å². The molecule has 1 fully saturated rings. The Morgan fingerprint density at radius 2 is 1.54 bits per heavy atom. The maximum absolute atomic E-state index is 10.9. The van der Waals surface area contributed by atoms with Crippen LogP contribution in [0.2, 0.25) is 0 Å². The minimum atomic E-state index is -0.127. The van der Waals surface area contributed by atoms with Crippen molar-refractivity contribution in [2.45, 2.75) is 83.3 Å². The first-order valence-corrected chi connectivity index (χ1v) is 9.45. The molecule has 1 heterocycles. The van der Waals surface area contributed by atoms with Gasteiger partial charge < -0.3 is 9.47 Å². The number of unbranched alkanes of at least 4 members (excludes halogenated alkanes) is 4. The third-order valence-electron chi connectivity index (χ3n) is 4.15. The van der Waals surface area contributed by atoms with Crippen molar-refractivity contribution in [1.29, 1.82) is 0 Å². The van der Waals surface area contributed by atoms with Gasteiger partial charge in [-0.25, -0.2) is 0 Å². The van der Waals surface area contributed by atoms with Crippen LogP contribution in [0, 0.1) is 0 Å². The van der Waals surface area contributed by atoms with Gasteiger partial charge in [-0.1, -0.05) is 56.2 Å².